The fraction of sp³-hybridized carbons (Fsp3) is 0.550. The van der Waals surface area contributed by atoms with Crippen LogP contribution >= 0.6 is 11.6 Å². The maximum Gasteiger partial charge on any atom is 0.312 e. The smallest absolute Gasteiger partial charge is 0.312 e. The van der Waals surface area contributed by atoms with Gasteiger partial charge in [0, 0.05) is 31.1 Å². The van der Waals surface area contributed by atoms with Crippen molar-refractivity contribution in [1.82, 2.24) is 19.8 Å². The topological polar surface area (TPSA) is 78.5 Å². The van der Waals surface area contributed by atoms with E-state index in [1.54, 1.807) is 12.1 Å². The van der Waals surface area contributed by atoms with Crippen molar-refractivity contribution in [1.29, 1.82) is 0 Å². The quantitative estimate of drug-likeness (QED) is 0.791. The van der Waals surface area contributed by atoms with Gasteiger partial charge < -0.3 is 19.5 Å². The molecule has 0 aliphatic carbocycles. The highest BCUT2D eigenvalue weighted by atomic mass is 35.5. The number of carbonyl (C=O) groups excluding carboxylic acids is 2. The third-order valence-corrected chi connectivity index (χ3v) is 6.01. The molecule has 2 aliphatic rings. The first-order valence-electron chi connectivity index (χ1n) is 9.62. The van der Waals surface area contributed by atoms with E-state index in [0.29, 0.717) is 36.8 Å². The lowest BCUT2D eigenvalue weighted by Crippen LogP contribution is -2.45. The Kier molecular flexibility index (Phi) is 5.05. The predicted molar refractivity (Wildman–Crippen MR) is 106 cm³/mol. The number of piperidine rings is 1. The Balaban J connectivity index is 1.36. The standard InChI is InChI=1S/C20H25ClN4O3/c1-24(2)12-14-11-20(19(27)28-14)5-7-25(8-6-20)18(26)10-17-22-15-4-3-13(21)9-16(15)23-17/h3-4,9,14H,5-8,10-12H2,1-2H3,(H,22,23). The van der Waals surface area contributed by atoms with Crippen molar-refractivity contribution in [3.05, 3.63) is 29.0 Å². The van der Waals surface area contributed by atoms with Gasteiger partial charge in [0.15, 0.2) is 0 Å². The molecule has 1 aromatic carbocycles. The number of esters is 1. The van der Waals surface area contributed by atoms with E-state index in [-0.39, 0.29) is 24.4 Å². The molecular weight excluding hydrogens is 380 g/mol. The van der Waals surface area contributed by atoms with E-state index in [1.807, 2.05) is 30.0 Å². The Morgan fingerprint density at radius 1 is 1.39 bits per heavy atom. The summed E-state index contributed by atoms with van der Waals surface area (Å²) in [6.07, 6.45) is 2.24. The summed E-state index contributed by atoms with van der Waals surface area (Å²) in [6.45, 7) is 1.90. The van der Waals surface area contributed by atoms with Gasteiger partial charge in [-0.15, -0.1) is 0 Å². The van der Waals surface area contributed by atoms with Gasteiger partial charge in [0.05, 0.1) is 22.9 Å². The Bertz CT molecular complexity index is 902. The molecule has 2 saturated heterocycles. The number of amides is 1. The Labute approximate surface area is 169 Å². The molecule has 1 unspecified atom stereocenters. The molecule has 4 rings (SSSR count). The number of ether oxygens (including phenoxy) is 1. The number of likely N-dealkylation sites (tertiary alicyclic amines) is 1. The molecule has 28 heavy (non-hydrogen) atoms. The van der Waals surface area contributed by atoms with E-state index in [1.165, 1.54) is 0 Å². The summed E-state index contributed by atoms with van der Waals surface area (Å²) in [5.74, 6) is 0.561. The van der Waals surface area contributed by atoms with Crippen molar-refractivity contribution in [3.8, 4) is 0 Å². The first-order valence-corrected chi connectivity index (χ1v) is 10.0. The van der Waals surface area contributed by atoms with Gasteiger partial charge in [-0.2, -0.15) is 0 Å². The third kappa shape index (κ3) is 3.73. The number of nitrogens with zero attached hydrogens (tertiary/aromatic N) is 3. The molecule has 0 saturated carbocycles. The third-order valence-electron chi connectivity index (χ3n) is 5.78. The molecule has 2 fully saturated rings. The number of aromatic amines is 1. The van der Waals surface area contributed by atoms with Crippen LogP contribution in [-0.2, 0) is 20.7 Å². The highest BCUT2D eigenvalue weighted by molar-refractivity contribution is 6.31. The van der Waals surface area contributed by atoms with E-state index in [9.17, 15) is 9.59 Å². The summed E-state index contributed by atoms with van der Waals surface area (Å²) < 4.78 is 5.59. The number of hydrogen-bond acceptors (Lipinski definition) is 5. The summed E-state index contributed by atoms with van der Waals surface area (Å²) >= 11 is 6.00. The molecule has 1 N–H and O–H groups in total. The molecule has 1 amide bonds. The molecule has 150 valence electrons. The molecule has 8 heteroatoms. The number of halogens is 1. The van der Waals surface area contributed by atoms with Crippen LogP contribution in [0.4, 0.5) is 0 Å². The van der Waals surface area contributed by atoms with Crippen LogP contribution in [0, 0.1) is 5.41 Å². The highest BCUT2D eigenvalue weighted by Crippen LogP contribution is 2.43. The summed E-state index contributed by atoms with van der Waals surface area (Å²) in [5.41, 5.74) is 1.20. The second kappa shape index (κ2) is 7.37. The number of H-pyrrole nitrogens is 1. The number of hydrogen-bond donors (Lipinski definition) is 1. The zero-order valence-corrected chi connectivity index (χ0v) is 17.0. The van der Waals surface area contributed by atoms with Gasteiger partial charge in [-0.1, -0.05) is 11.6 Å². The van der Waals surface area contributed by atoms with Crippen molar-refractivity contribution in [2.75, 3.05) is 33.7 Å². The first kappa shape index (κ1) is 19.2. The summed E-state index contributed by atoms with van der Waals surface area (Å²) in [4.78, 5) is 36.7. The molecule has 1 aromatic heterocycles. The number of cyclic esters (lactones) is 1. The Morgan fingerprint density at radius 3 is 2.86 bits per heavy atom. The van der Waals surface area contributed by atoms with Crippen LogP contribution in [0.15, 0.2) is 18.2 Å². The van der Waals surface area contributed by atoms with Crippen LogP contribution in [0.2, 0.25) is 5.02 Å². The number of aromatic nitrogens is 2. The van der Waals surface area contributed by atoms with Crippen LogP contribution in [0.5, 0.6) is 0 Å². The average Bonchev–Trinajstić information content (AvgIpc) is 3.15. The molecular formula is C20H25ClN4O3. The van der Waals surface area contributed by atoms with Gasteiger partial charge >= 0.3 is 5.97 Å². The lowest BCUT2D eigenvalue weighted by Gasteiger charge is -2.36. The number of nitrogens with one attached hydrogen (secondary N) is 1. The van der Waals surface area contributed by atoms with E-state index < -0.39 is 5.41 Å². The summed E-state index contributed by atoms with van der Waals surface area (Å²) in [7, 11) is 3.96. The lowest BCUT2D eigenvalue weighted by molar-refractivity contribution is -0.152. The number of fused-ring (bicyclic) bond motifs is 1. The first-order chi connectivity index (χ1) is 13.3. The van der Waals surface area contributed by atoms with E-state index >= 15 is 0 Å². The van der Waals surface area contributed by atoms with Crippen molar-refractivity contribution in [2.24, 2.45) is 5.41 Å². The van der Waals surface area contributed by atoms with Crippen LogP contribution in [0.3, 0.4) is 0 Å². The van der Waals surface area contributed by atoms with Crippen molar-refractivity contribution < 1.29 is 14.3 Å². The van der Waals surface area contributed by atoms with Crippen molar-refractivity contribution in [3.63, 3.8) is 0 Å². The number of likely N-dealkylation sites (N-methyl/N-ethyl adjacent to an activating group) is 1. The fourth-order valence-corrected chi connectivity index (χ4v) is 4.48. The molecule has 7 nitrogen and oxygen atoms in total. The summed E-state index contributed by atoms with van der Waals surface area (Å²) in [5, 5.41) is 0.631. The molecule has 2 aromatic rings. The molecule has 1 atom stereocenters. The van der Waals surface area contributed by atoms with Crippen LogP contribution in [0.25, 0.3) is 11.0 Å². The molecule has 2 aliphatic heterocycles. The maximum atomic E-state index is 12.7. The number of carbonyl (C=O) groups is 2. The average molecular weight is 405 g/mol. The normalized spacial score (nSPS) is 21.6. The van der Waals surface area contributed by atoms with Gasteiger partial charge in [0.1, 0.15) is 11.9 Å². The monoisotopic (exact) mass is 404 g/mol. The van der Waals surface area contributed by atoms with E-state index in [4.69, 9.17) is 16.3 Å². The Morgan fingerprint density at radius 2 is 2.14 bits per heavy atom. The highest BCUT2D eigenvalue weighted by Gasteiger charge is 2.50. The molecule has 3 heterocycles. The largest absolute Gasteiger partial charge is 0.461 e. The van der Waals surface area contributed by atoms with E-state index in [2.05, 4.69) is 9.97 Å². The second-order valence-corrected chi connectivity index (χ2v) is 8.61. The van der Waals surface area contributed by atoms with Crippen molar-refractivity contribution >= 4 is 34.5 Å². The minimum absolute atomic E-state index is 0.0243. The zero-order chi connectivity index (χ0) is 19.9. The SMILES string of the molecule is CN(C)CC1CC2(CCN(C(=O)Cc3nc4ccc(Cl)cc4[nH]3)CC2)C(=O)O1. The number of rotatable bonds is 4. The lowest BCUT2D eigenvalue weighted by atomic mass is 9.76. The predicted octanol–water partition coefficient (Wildman–Crippen LogP) is 2.24. The number of benzene rings is 1. The minimum atomic E-state index is -0.423. The van der Waals surface area contributed by atoms with Crippen LogP contribution in [0.1, 0.15) is 25.1 Å². The molecule has 1 spiro atoms. The van der Waals surface area contributed by atoms with Gasteiger partial charge in [-0.3, -0.25) is 9.59 Å². The van der Waals surface area contributed by atoms with Gasteiger partial charge in [-0.05, 0) is 45.1 Å². The van der Waals surface area contributed by atoms with Crippen molar-refractivity contribution in [2.45, 2.75) is 31.8 Å². The Hall–Kier alpha value is -2.12. The van der Waals surface area contributed by atoms with Crippen LogP contribution in [-0.4, -0.2) is 71.5 Å². The van der Waals surface area contributed by atoms with Crippen LogP contribution < -0.4 is 0 Å². The van der Waals surface area contributed by atoms with E-state index in [0.717, 1.165) is 24.0 Å². The molecule has 0 bridgehead atoms. The van der Waals surface area contributed by atoms with Gasteiger partial charge in [0.25, 0.3) is 0 Å². The second-order valence-electron chi connectivity index (χ2n) is 8.18. The van der Waals surface area contributed by atoms with Gasteiger partial charge in [0.2, 0.25) is 5.91 Å². The minimum Gasteiger partial charge on any atom is -0.461 e. The van der Waals surface area contributed by atoms with Gasteiger partial charge in [-0.25, -0.2) is 4.98 Å². The fourth-order valence-electron chi connectivity index (χ4n) is 4.31. The zero-order valence-electron chi connectivity index (χ0n) is 16.2. The molecule has 0 radical (unpaired) electrons. The summed E-state index contributed by atoms with van der Waals surface area (Å²) in [6, 6.07) is 5.42. The maximum absolute atomic E-state index is 12.7. The number of imidazole rings is 1.